The molecule has 0 radical (unpaired) electrons. The maximum absolute atomic E-state index is 5.39. The minimum absolute atomic E-state index is 0.585. The van der Waals surface area contributed by atoms with E-state index in [9.17, 15) is 0 Å². The summed E-state index contributed by atoms with van der Waals surface area (Å²) in [6.45, 7) is 3.52. The van der Waals surface area contributed by atoms with Crippen LogP contribution in [0.4, 0.5) is 11.6 Å². The molecular weight excluding hydrogens is 256 g/mol. The third-order valence-electron chi connectivity index (χ3n) is 2.76. The Morgan fingerprint density at radius 1 is 1.25 bits per heavy atom. The van der Waals surface area contributed by atoms with Crippen LogP contribution >= 0.6 is 0 Å². The molecule has 0 fully saturated rings. The number of rotatable bonds is 7. The van der Waals surface area contributed by atoms with E-state index in [0.717, 1.165) is 18.7 Å². The van der Waals surface area contributed by atoms with Crippen LogP contribution in [0.1, 0.15) is 19.0 Å². The van der Waals surface area contributed by atoms with Gasteiger partial charge >= 0.3 is 0 Å². The average molecular weight is 276 g/mol. The highest BCUT2D eigenvalue weighted by Gasteiger charge is 2.11. The fraction of sp³-hybridized carbons (Fsp3) is 0.462. The second-order valence-corrected chi connectivity index (χ2v) is 4.37. The van der Waals surface area contributed by atoms with Gasteiger partial charge in [-0.2, -0.15) is 5.10 Å². The number of anilines is 2. The van der Waals surface area contributed by atoms with Crippen molar-refractivity contribution in [1.29, 1.82) is 0 Å². The van der Waals surface area contributed by atoms with Crippen LogP contribution in [0.25, 0.3) is 0 Å². The van der Waals surface area contributed by atoms with E-state index in [1.807, 2.05) is 19.3 Å². The van der Waals surface area contributed by atoms with Gasteiger partial charge in [-0.05, 0) is 12.5 Å². The number of aromatic nitrogens is 4. The van der Waals surface area contributed by atoms with Crippen molar-refractivity contribution in [2.75, 3.05) is 24.3 Å². The van der Waals surface area contributed by atoms with Gasteiger partial charge in [0.25, 0.3) is 0 Å². The molecule has 0 atom stereocenters. The van der Waals surface area contributed by atoms with Crippen molar-refractivity contribution in [3.8, 4) is 5.75 Å². The molecule has 0 saturated carbocycles. The molecular formula is C13H20N6O. The van der Waals surface area contributed by atoms with E-state index < -0.39 is 0 Å². The van der Waals surface area contributed by atoms with Crippen molar-refractivity contribution in [1.82, 2.24) is 19.7 Å². The van der Waals surface area contributed by atoms with Crippen LogP contribution in [-0.4, -0.2) is 33.4 Å². The van der Waals surface area contributed by atoms with E-state index in [4.69, 9.17) is 4.74 Å². The number of ether oxygens (including phenoxy) is 1. The zero-order valence-electron chi connectivity index (χ0n) is 12.1. The Bertz CT molecular complexity index is 554. The van der Waals surface area contributed by atoms with Crippen molar-refractivity contribution in [3.05, 3.63) is 24.3 Å². The average Bonchev–Trinajstić information content (AvgIpc) is 2.88. The van der Waals surface area contributed by atoms with Crippen LogP contribution in [0, 0.1) is 0 Å². The largest absolute Gasteiger partial charge is 0.490 e. The summed E-state index contributed by atoms with van der Waals surface area (Å²) in [4.78, 5) is 8.42. The van der Waals surface area contributed by atoms with Gasteiger partial charge in [0.1, 0.15) is 6.33 Å². The van der Waals surface area contributed by atoms with Crippen LogP contribution in [0.2, 0.25) is 0 Å². The number of methoxy groups -OCH3 is 1. The first-order valence-corrected chi connectivity index (χ1v) is 6.59. The van der Waals surface area contributed by atoms with E-state index in [1.165, 1.54) is 6.33 Å². The van der Waals surface area contributed by atoms with E-state index in [0.29, 0.717) is 23.9 Å². The van der Waals surface area contributed by atoms with Gasteiger partial charge in [-0.15, -0.1) is 0 Å². The van der Waals surface area contributed by atoms with Gasteiger partial charge in [-0.3, -0.25) is 4.68 Å². The second-order valence-electron chi connectivity index (χ2n) is 4.37. The highest BCUT2D eigenvalue weighted by Crippen LogP contribution is 2.29. The molecule has 2 rings (SSSR count). The van der Waals surface area contributed by atoms with Gasteiger partial charge in [0.05, 0.1) is 19.3 Å². The van der Waals surface area contributed by atoms with Gasteiger partial charge in [0.15, 0.2) is 11.6 Å². The maximum Gasteiger partial charge on any atom is 0.204 e. The summed E-state index contributed by atoms with van der Waals surface area (Å²) in [5.41, 5.74) is 0.941. The predicted octanol–water partition coefficient (Wildman–Crippen LogP) is 1.65. The molecule has 108 valence electrons. The van der Waals surface area contributed by atoms with Gasteiger partial charge in [0, 0.05) is 19.8 Å². The van der Waals surface area contributed by atoms with Crippen LogP contribution in [0.5, 0.6) is 5.75 Å². The fourth-order valence-corrected chi connectivity index (χ4v) is 1.79. The lowest BCUT2D eigenvalue weighted by molar-refractivity contribution is 0.414. The highest BCUT2D eigenvalue weighted by molar-refractivity contribution is 5.63. The van der Waals surface area contributed by atoms with E-state index in [-0.39, 0.29) is 0 Å². The zero-order chi connectivity index (χ0) is 14.4. The van der Waals surface area contributed by atoms with Crippen molar-refractivity contribution in [2.24, 2.45) is 7.05 Å². The van der Waals surface area contributed by atoms with E-state index in [1.54, 1.807) is 11.8 Å². The first-order valence-electron chi connectivity index (χ1n) is 6.59. The molecule has 0 aliphatic heterocycles. The Morgan fingerprint density at radius 3 is 2.60 bits per heavy atom. The number of nitrogens with one attached hydrogen (secondary N) is 2. The van der Waals surface area contributed by atoms with Crippen molar-refractivity contribution >= 4 is 11.6 Å². The van der Waals surface area contributed by atoms with E-state index >= 15 is 0 Å². The van der Waals surface area contributed by atoms with Crippen molar-refractivity contribution in [2.45, 2.75) is 19.9 Å². The Hall–Kier alpha value is -2.31. The van der Waals surface area contributed by atoms with Crippen molar-refractivity contribution in [3.63, 3.8) is 0 Å². The highest BCUT2D eigenvalue weighted by atomic mass is 16.5. The summed E-state index contributed by atoms with van der Waals surface area (Å²) < 4.78 is 7.16. The first-order chi connectivity index (χ1) is 9.74. The van der Waals surface area contributed by atoms with Crippen LogP contribution < -0.4 is 15.4 Å². The number of hydrogen-bond acceptors (Lipinski definition) is 6. The lowest BCUT2D eigenvalue weighted by Gasteiger charge is -2.13. The Labute approximate surface area is 118 Å². The Balaban J connectivity index is 2.10. The first kappa shape index (κ1) is 14.1. The SMILES string of the molecule is CCCNc1ncnc(NCc2ccn(C)n2)c1OC. The molecule has 7 heteroatoms. The second kappa shape index (κ2) is 6.74. The summed E-state index contributed by atoms with van der Waals surface area (Å²) in [7, 11) is 3.50. The molecule has 0 spiro atoms. The lowest BCUT2D eigenvalue weighted by atomic mass is 10.4. The smallest absolute Gasteiger partial charge is 0.204 e. The summed E-state index contributed by atoms with van der Waals surface area (Å²) in [6.07, 6.45) is 4.44. The monoisotopic (exact) mass is 276 g/mol. The lowest BCUT2D eigenvalue weighted by Crippen LogP contribution is -2.09. The summed E-state index contributed by atoms with van der Waals surface area (Å²) in [6, 6.07) is 1.96. The molecule has 0 saturated heterocycles. The number of nitrogens with zero attached hydrogens (tertiary/aromatic N) is 4. The molecule has 0 unspecified atom stereocenters. The van der Waals surface area contributed by atoms with Gasteiger partial charge in [-0.25, -0.2) is 9.97 Å². The molecule has 2 heterocycles. The third-order valence-corrected chi connectivity index (χ3v) is 2.76. The molecule has 2 N–H and O–H groups in total. The fourth-order valence-electron chi connectivity index (χ4n) is 1.79. The van der Waals surface area contributed by atoms with E-state index in [2.05, 4.69) is 32.6 Å². The molecule has 0 aromatic carbocycles. The zero-order valence-corrected chi connectivity index (χ0v) is 12.1. The van der Waals surface area contributed by atoms with Gasteiger partial charge in [0.2, 0.25) is 5.75 Å². The molecule has 7 nitrogen and oxygen atoms in total. The van der Waals surface area contributed by atoms with Gasteiger partial charge in [-0.1, -0.05) is 6.92 Å². The predicted molar refractivity (Wildman–Crippen MR) is 77.9 cm³/mol. The summed E-state index contributed by atoms with van der Waals surface area (Å²) >= 11 is 0. The number of aryl methyl sites for hydroxylation is 1. The standard InChI is InChI=1S/C13H20N6O/c1-4-6-14-12-11(20-3)13(17-9-16-12)15-8-10-5-7-19(2)18-10/h5,7,9H,4,6,8H2,1-3H3,(H2,14,15,16,17). The number of hydrogen-bond donors (Lipinski definition) is 2. The quantitative estimate of drug-likeness (QED) is 0.801. The summed E-state index contributed by atoms with van der Waals surface area (Å²) in [5, 5.41) is 10.7. The van der Waals surface area contributed by atoms with Crippen LogP contribution in [0.15, 0.2) is 18.6 Å². The van der Waals surface area contributed by atoms with Crippen molar-refractivity contribution < 1.29 is 4.74 Å². The Kier molecular flexibility index (Phi) is 4.75. The normalized spacial score (nSPS) is 10.3. The molecule has 0 bridgehead atoms. The maximum atomic E-state index is 5.39. The van der Waals surface area contributed by atoms with Crippen LogP contribution in [-0.2, 0) is 13.6 Å². The molecule has 2 aromatic rings. The molecule has 0 amide bonds. The molecule has 0 aliphatic rings. The molecule has 20 heavy (non-hydrogen) atoms. The third kappa shape index (κ3) is 3.37. The minimum Gasteiger partial charge on any atom is -0.490 e. The van der Waals surface area contributed by atoms with Gasteiger partial charge < -0.3 is 15.4 Å². The molecule has 0 aliphatic carbocycles. The molecule has 2 aromatic heterocycles. The van der Waals surface area contributed by atoms with Crippen LogP contribution in [0.3, 0.4) is 0 Å². The Morgan fingerprint density at radius 2 is 2.00 bits per heavy atom. The topological polar surface area (TPSA) is 76.9 Å². The summed E-state index contributed by atoms with van der Waals surface area (Å²) in [5.74, 6) is 1.98. The minimum atomic E-state index is 0.585.